The van der Waals surface area contributed by atoms with Crippen molar-refractivity contribution < 1.29 is 103 Å². The van der Waals surface area contributed by atoms with E-state index in [9.17, 15) is 62.6 Å². The number of nitrogens with two attached hydrogens (primary N) is 4. The third-order valence-corrected chi connectivity index (χ3v) is 26.4. The molecule has 0 bridgehead atoms. The molecule has 47 nitrogen and oxygen atoms in total. The van der Waals surface area contributed by atoms with E-state index in [0.717, 1.165) is 24.5 Å². The van der Waals surface area contributed by atoms with E-state index in [1.54, 1.807) is 0 Å². The topological polar surface area (TPSA) is 637 Å². The maximum absolute atomic E-state index is 15.0. The summed E-state index contributed by atoms with van der Waals surface area (Å²) in [7, 11) is 0. The van der Waals surface area contributed by atoms with Gasteiger partial charge in [0.15, 0.2) is 18.0 Å². The van der Waals surface area contributed by atoms with Crippen LogP contribution in [0.15, 0.2) is 79.7 Å². The van der Waals surface area contributed by atoms with Crippen molar-refractivity contribution in [3.8, 4) is 0 Å². The lowest BCUT2D eigenvalue weighted by Gasteiger charge is -2.36. The molecule has 0 aliphatic carbocycles. The summed E-state index contributed by atoms with van der Waals surface area (Å²) in [5.74, 6) is -1.14. The molecule has 0 aromatic carbocycles. The number of fused-ring (bicyclic) bond motifs is 1. The fourth-order valence-electron chi connectivity index (χ4n) is 13.1. The molecule has 0 spiro atoms. The highest BCUT2D eigenvalue weighted by Gasteiger charge is 2.48. The molecule has 0 radical (unpaired) electrons. The van der Waals surface area contributed by atoms with Crippen LogP contribution in [0.25, 0.3) is 11.2 Å². The van der Waals surface area contributed by atoms with Crippen LogP contribution in [0.2, 0.25) is 0 Å². The predicted molar refractivity (Wildman–Crippen MR) is 421 cm³/mol. The van der Waals surface area contributed by atoms with Crippen LogP contribution >= 0.6 is 42.9 Å². The summed E-state index contributed by atoms with van der Waals surface area (Å²) in [6.45, 7) is -16.0. The molecule has 19 atom stereocenters. The van der Waals surface area contributed by atoms with Crippen molar-refractivity contribution in [3.05, 3.63) is 130 Å². The zero-order valence-electron chi connectivity index (χ0n) is 62.3. The number of ether oxygens (including phenoxy) is 8. The first-order chi connectivity index (χ1) is 55.5. The van der Waals surface area contributed by atoms with Gasteiger partial charge in [-0.05, 0) is 65.0 Å². The van der Waals surface area contributed by atoms with Gasteiger partial charge in [0.2, 0.25) is 11.9 Å². The summed E-state index contributed by atoms with van der Waals surface area (Å²) >= 11 is 25.5. The molecule has 0 saturated carbocycles. The van der Waals surface area contributed by atoms with Crippen LogP contribution < -0.4 is 83.2 Å². The fourth-order valence-corrected chi connectivity index (χ4v) is 19.9. The number of nitrogens with one attached hydrogen (secondary N) is 5. The number of hydrogen-bond donors (Lipinski definition) is 10. The molecule has 117 heavy (non-hydrogen) atoms. The van der Waals surface area contributed by atoms with Gasteiger partial charge in [0, 0.05) is 75.5 Å². The Bertz CT molecular complexity index is 5220. The van der Waals surface area contributed by atoms with Crippen molar-refractivity contribution in [1.29, 1.82) is 0 Å². The lowest BCUT2D eigenvalue weighted by molar-refractivity contribution is -0.219. The molecule has 11 heterocycles. The number of nitrogen functional groups attached to an aromatic ring is 3. The summed E-state index contributed by atoms with van der Waals surface area (Å²) in [5.41, 5.74) is 15.7. The number of halogens is 1. The molecule has 6 aromatic heterocycles. The number of amides is 1. The Morgan fingerprint density at radius 3 is 1.69 bits per heavy atom. The molecular weight excluding hydrogens is 1780 g/mol. The largest absolute Gasteiger partial charge is 0.780 e. The summed E-state index contributed by atoms with van der Waals surface area (Å²) in [6.07, 6.45) is -14.3. The Morgan fingerprint density at radius 2 is 1.10 bits per heavy atom. The molecule has 11 rings (SSSR count). The second-order valence-electron chi connectivity index (χ2n) is 27.2. The number of aryl methyl sites for hydroxylation is 1. The number of H-pyrrole nitrogens is 4. The monoisotopic (exact) mass is 1870 g/mol. The first-order valence-corrected chi connectivity index (χ1v) is 47.1. The summed E-state index contributed by atoms with van der Waals surface area (Å²) in [6, 6.07) is 2.71. The minimum Gasteiger partial charge on any atom is -0.780 e. The molecule has 14 N–H and O–H groups in total. The van der Waals surface area contributed by atoms with Gasteiger partial charge in [-0.15, -0.1) is 0 Å². The summed E-state index contributed by atoms with van der Waals surface area (Å²) in [4.78, 5) is 167. The van der Waals surface area contributed by atoms with E-state index in [1.807, 2.05) is 13.8 Å². The molecule has 5 saturated heterocycles. The van der Waals surface area contributed by atoms with Gasteiger partial charge in [-0.2, -0.15) is 15.0 Å². The number of nitrogens with zero attached hydrogens (tertiary/aromatic N) is 8. The van der Waals surface area contributed by atoms with Crippen LogP contribution in [0, 0.1) is 18.8 Å². The van der Waals surface area contributed by atoms with Gasteiger partial charge in [-0.3, -0.25) is 61.9 Å². The second-order valence-corrected chi connectivity index (χ2v) is 39.1. The maximum atomic E-state index is 15.0. The van der Waals surface area contributed by atoms with E-state index < -0.39 is 197 Å². The van der Waals surface area contributed by atoms with Crippen LogP contribution in [0.1, 0.15) is 89.1 Å². The number of hydrogen-bond acceptors (Lipinski definition) is 41. The van der Waals surface area contributed by atoms with Crippen LogP contribution in [0.5, 0.6) is 0 Å². The quantitative estimate of drug-likeness (QED) is 0.0110. The first-order valence-electron chi connectivity index (χ1n) is 36.1. The zero-order chi connectivity index (χ0) is 84.4. The third-order valence-electron chi connectivity index (χ3n) is 18.7. The van der Waals surface area contributed by atoms with E-state index in [4.69, 9.17) is 149 Å². The average Bonchev–Trinajstić information content (AvgIpc) is 1.60. The average molecular weight is 1870 g/mol. The highest BCUT2D eigenvalue weighted by atomic mass is 79.9. The van der Waals surface area contributed by atoms with Crippen molar-refractivity contribution in [3.63, 3.8) is 0 Å². The number of aromatic amines is 4. The minimum absolute atomic E-state index is 0.00108. The number of carbonyl (C=O) groups is 1. The van der Waals surface area contributed by atoms with Crippen molar-refractivity contribution in [2.45, 2.75) is 145 Å². The molecular formula is C61H85BrN17O30P4S4-3. The van der Waals surface area contributed by atoms with Gasteiger partial charge in [0.25, 0.3) is 16.7 Å². The van der Waals surface area contributed by atoms with E-state index >= 15 is 0 Å². The molecule has 5 aliphatic rings. The van der Waals surface area contributed by atoms with Crippen LogP contribution in [-0.2, 0) is 136 Å². The zero-order valence-corrected chi connectivity index (χ0v) is 70.7. The van der Waals surface area contributed by atoms with E-state index in [0.29, 0.717) is 19.6 Å². The molecule has 1 amide bonds. The number of aliphatic hydroxyl groups excluding tert-OH is 1. The highest BCUT2D eigenvalue weighted by molar-refractivity contribution is 9.10. The normalized spacial score (nSPS) is 26.9. The molecule has 5 fully saturated rings. The van der Waals surface area contributed by atoms with Gasteiger partial charge in [0.1, 0.15) is 80.6 Å². The van der Waals surface area contributed by atoms with E-state index in [-0.39, 0.29) is 129 Å². The SMILES string of the molecule is Cc1cn([C@H]2C[C@@H](OP(=S)(OCCOCCOCCNC(=O)CCOCCN)OC[C@H]3O[C@@H](n4ccc(N)nc4=O)C[C@H]3C(C)C)[C@@H](COP([O-])(=S)O[C@@H]3C[C@H](n4c(=O)[nH]c5c(=O)[nH]c(N)nc54)O[C@@H]3COP([O-])(=S)O[C@@H]3C[C@H](n4ccc(N)nc4=O)O[C@@H]3COP(=O)([S-])O[C@@H]3C[C@H](n4cc(Br)c(=O)[nH]c4=O)O[C@@H]3CO)O2)c(=O)[nH]c1=O. The predicted octanol–water partition coefficient (Wildman–Crippen LogP) is -2.27. The highest BCUT2D eigenvalue weighted by Crippen LogP contribution is 2.56. The lowest BCUT2D eigenvalue weighted by Crippen LogP contribution is -2.34. The molecule has 5 aliphatic heterocycles. The lowest BCUT2D eigenvalue weighted by atomic mass is 9.89. The van der Waals surface area contributed by atoms with Crippen molar-refractivity contribution in [2.75, 3.05) is 110 Å². The van der Waals surface area contributed by atoms with Crippen molar-refractivity contribution in [1.82, 2.24) is 63.0 Å². The van der Waals surface area contributed by atoms with Crippen LogP contribution in [-0.4, -0.2) is 216 Å². The Labute approximate surface area is 690 Å². The minimum atomic E-state index is -4.99. The molecule has 648 valence electrons. The van der Waals surface area contributed by atoms with Gasteiger partial charge in [-0.25, -0.2) is 28.5 Å². The maximum Gasteiger partial charge on any atom is 0.351 e. The van der Waals surface area contributed by atoms with Gasteiger partial charge < -0.3 is 134 Å². The first kappa shape index (κ1) is 92.0. The number of aromatic nitrogens is 12. The number of anilines is 3. The number of rotatable bonds is 42. The van der Waals surface area contributed by atoms with Crippen LogP contribution in [0.3, 0.4) is 0 Å². The number of carbonyl (C=O) groups excluding carboxylic acids is 1. The van der Waals surface area contributed by atoms with Crippen LogP contribution in [0.4, 0.5) is 17.6 Å². The Kier molecular flexibility index (Phi) is 31.9. The van der Waals surface area contributed by atoms with Crippen molar-refractivity contribution in [2.24, 2.45) is 17.6 Å². The third kappa shape index (κ3) is 24.4. The molecule has 56 heteroatoms. The number of imidazole rings is 1. The number of aliphatic hydroxyl groups is 1. The Morgan fingerprint density at radius 1 is 0.607 bits per heavy atom. The van der Waals surface area contributed by atoms with Crippen molar-refractivity contribution >= 4 is 125 Å². The summed E-state index contributed by atoms with van der Waals surface area (Å²) < 4.78 is 122. The standard InChI is InChI=1S/C61H88BrN17O30P4S4/c1-30(2)32-18-46(75-9-4-43(64)68-57(75)85)102-39(32)26-100-113(117,96-17-16-95-15-14-94-13-8-67-45(81)6-11-93-12-7-63)109-37-21-48(77-23-31(3)53(82)73-59(77)87)104-42(37)29-99-112(92,116)108-36-22-50(79-52-51(70-61(79)89)55(84)72-56(66)71-52)105-41(36)28-98-111(91,115)107-35-20-47(76-10-5-44(65)69-58(76)86)103-40(35)27-97-110(90,114)106-34-19-49(101-38(34)25-80)78-24-33(62)54(83)74-60(78)88/h4-5,9-10,23-24,30,32,34-42,46-50,80H,6-8,11-22,25-29,63H2,1-3H3,(H,67,81)(H,70,89)(H,90,114)(H,91,115)(H,92,116)(H2,64,68,85)(H2,65,69,86)(H,73,82,87)(H,74,83,88)(H3,66,71,72,84)/p-3/t32-,34+,35+,36+,37+,38+,39+,40+,41+,42+,46+,47+,48+,49+,50+,110?,111?,112?,113?/m0/s1. The summed E-state index contributed by atoms with van der Waals surface area (Å²) in [5, 5.41) is 12.9. The fraction of sp³-hybridized carbons (Fsp3) is 0.639. The van der Waals surface area contributed by atoms with Gasteiger partial charge in [0.05, 0.1) is 114 Å². The Balaban J connectivity index is 0.809. The van der Waals surface area contributed by atoms with Gasteiger partial charge >= 0.3 is 35.2 Å². The Hall–Kier alpha value is -5.69. The van der Waals surface area contributed by atoms with Gasteiger partial charge in [-0.1, -0.05) is 37.5 Å². The smallest absolute Gasteiger partial charge is 0.351 e. The van der Waals surface area contributed by atoms with E-state index in [1.165, 1.54) is 42.2 Å². The van der Waals surface area contributed by atoms with E-state index in [2.05, 4.69) is 56.1 Å². The molecule has 6 aromatic rings. The second kappa shape index (κ2) is 40.5. The molecule has 4 unspecified atom stereocenters.